The van der Waals surface area contributed by atoms with Gasteiger partial charge in [0.25, 0.3) is 0 Å². The van der Waals surface area contributed by atoms with E-state index in [-0.39, 0.29) is 5.91 Å². The topological polar surface area (TPSA) is 58.4 Å². The van der Waals surface area contributed by atoms with Crippen LogP contribution in [-0.2, 0) is 4.79 Å². The summed E-state index contributed by atoms with van der Waals surface area (Å²) in [4.78, 5) is 13.8. The van der Waals surface area contributed by atoms with Crippen LogP contribution >= 0.6 is 0 Å². The maximum absolute atomic E-state index is 11.5. The molecule has 0 heterocycles. The van der Waals surface area contributed by atoms with Crippen LogP contribution in [0, 0.1) is 0 Å². The largest absolute Gasteiger partial charge is 0.368 e. The molecule has 0 aromatic heterocycles. The Balaban J connectivity index is 2.51. The Kier molecular flexibility index (Phi) is 4.74. The molecule has 1 rings (SSSR count). The molecule has 0 spiro atoms. The SMILES string of the molecule is CCCNC(C)(CN(C)C1CCC1)C(N)=O. The summed E-state index contributed by atoms with van der Waals surface area (Å²) >= 11 is 0. The fourth-order valence-corrected chi connectivity index (χ4v) is 2.08. The van der Waals surface area contributed by atoms with E-state index >= 15 is 0 Å². The number of carbonyl (C=O) groups excluding carboxylic acids is 1. The van der Waals surface area contributed by atoms with Gasteiger partial charge in [0.2, 0.25) is 5.91 Å². The first kappa shape index (κ1) is 13.5. The van der Waals surface area contributed by atoms with Crippen molar-refractivity contribution >= 4 is 5.91 Å². The lowest BCUT2D eigenvalue weighted by atomic mass is 9.90. The summed E-state index contributed by atoms with van der Waals surface area (Å²) in [7, 11) is 2.08. The molecule has 0 saturated heterocycles. The van der Waals surface area contributed by atoms with Crippen LogP contribution in [0.25, 0.3) is 0 Å². The molecule has 4 heteroatoms. The molecule has 1 aliphatic rings. The van der Waals surface area contributed by atoms with E-state index in [1.165, 1.54) is 19.3 Å². The average Bonchev–Trinajstić information content (AvgIpc) is 2.11. The van der Waals surface area contributed by atoms with Crippen LogP contribution in [0.3, 0.4) is 0 Å². The number of nitrogens with one attached hydrogen (secondary N) is 1. The van der Waals surface area contributed by atoms with Gasteiger partial charge in [0, 0.05) is 12.6 Å². The molecule has 1 atom stereocenters. The number of likely N-dealkylation sites (N-methyl/N-ethyl adjacent to an activating group) is 1. The minimum Gasteiger partial charge on any atom is -0.368 e. The molecule has 0 radical (unpaired) electrons. The van der Waals surface area contributed by atoms with Gasteiger partial charge in [0.05, 0.1) is 0 Å². The van der Waals surface area contributed by atoms with Crippen molar-refractivity contribution in [2.45, 2.75) is 51.1 Å². The number of nitrogens with two attached hydrogens (primary N) is 1. The van der Waals surface area contributed by atoms with E-state index in [2.05, 4.69) is 24.2 Å². The van der Waals surface area contributed by atoms with E-state index in [4.69, 9.17) is 5.73 Å². The van der Waals surface area contributed by atoms with Crippen LogP contribution in [0.1, 0.15) is 39.5 Å². The zero-order valence-corrected chi connectivity index (χ0v) is 10.8. The fourth-order valence-electron chi connectivity index (χ4n) is 2.08. The lowest BCUT2D eigenvalue weighted by Gasteiger charge is -2.40. The maximum Gasteiger partial charge on any atom is 0.238 e. The Labute approximate surface area is 98.6 Å². The number of hydrogen-bond acceptors (Lipinski definition) is 3. The van der Waals surface area contributed by atoms with Gasteiger partial charge in [-0.05, 0) is 39.8 Å². The fraction of sp³-hybridized carbons (Fsp3) is 0.917. The second kappa shape index (κ2) is 5.64. The number of nitrogens with zero attached hydrogens (tertiary/aromatic N) is 1. The first-order chi connectivity index (χ1) is 7.49. The van der Waals surface area contributed by atoms with Crippen molar-refractivity contribution < 1.29 is 4.79 Å². The molecule has 1 aliphatic carbocycles. The molecule has 1 fully saturated rings. The maximum atomic E-state index is 11.5. The Morgan fingerprint density at radius 3 is 2.56 bits per heavy atom. The van der Waals surface area contributed by atoms with E-state index < -0.39 is 5.54 Å². The van der Waals surface area contributed by atoms with Gasteiger partial charge in [-0.3, -0.25) is 4.79 Å². The summed E-state index contributed by atoms with van der Waals surface area (Å²) in [5.41, 5.74) is 4.89. The van der Waals surface area contributed by atoms with E-state index in [0.29, 0.717) is 12.6 Å². The summed E-state index contributed by atoms with van der Waals surface area (Å²) in [5, 5.41) is 3.26. The van der Waals surface area contributed by atoms with E-state index in [1.54, 1.807) is 0 Å². The molecule has 94 valence electrons. The molecule has 3 N–H and O–H groups in total. The van der Waals surface area contributed by atoms with E-state index in [0.717, 1.165) is 13.0 Å². The molecule has 1 unspecified atom stereocenters. The highest BCUT2D eigenvalue weighted by atomic mass is 16.1. The van der Waals surface area contributed by atoms with Crippen LogP contribution in [0.2, 0.25) is 0 Å². The number of amides is 1. The second-order valence-corrected chi connectivity index (χ2v) is 5.12. The molecule has 1 saturated carbocycles. The van der Waals surface area contributed by atoms with Crippen molar-refractivity contribution in [3.8, 4) is 0 Å². The van der Waals surface area contributed by atoms with Crippen molar-refractivity contribution in [1.82, 2.24) is 10.2 Å². The van der Waals surface area contributed by atoms with Gasteiger partial charge in [0.1, 0.15) is 5.54 Å². The molecule has 1 amide bonds. The molecule has 0 aromatic carbocycles. The number of primary amides is 1. The van der Waals surface area contributed by atoms with Gasteiger partial charge in [-0.1, -0.05) is 13.3 Å². The van der Waals surface area contributed by atoms with Crippen LogP contribution in [0.5, 0.6) is 0 Å². The highest BCUT2D eigenvalue weighted by molar-refractivity contribution is 5.84. The van der Waals surface area contributed by atoms with Crippen molar-refractivity contribution in [3.63, 3.8) is 0 Å². The third kappa shape index (κ3) is 3.19. The number of carbonyl (C=O) groups is 1. The molecule has 4 nitrogen and oxygen atoms in total. The van der Waals surface area contributed by atoms with Crippen molar-refractivity contribution in [1.29, 1.82) is 0 Å². The van der Waals surface area contributed by atoms with Crippen molar-refractivity contribution in [2.75, 3.05) is 20.1 Å². The first-order valence-corrected chi connectivity index (χ1v) is 6.25. The molecule has 0 bridgehead atoms. The van der Waals surface area contributed by atoms with Gasteiger partial charge in [-0.25, -0.2) is 0 Å². The lowest BCUT2D eigenvalue weighted by molar-refractivity contribution is -0.124. The summed E-state index contributed by atoms with van der Waals surface area (Å²) in [6, 6.07) is 0.641. The zero-order valence-electron chi connectivity index (χ0n) is 10.8. The Morgan fingerprint density at radius 1 is 1.56 bits per heavy atom. The summed E-state index contributed by atoms with van der Waals surface area (Å²) in [6.07, 6.45) is 4.82. The van der Waals surface area contributed by atoms with E-state index in [1.807, 2.05) is 6.92 Å². The van der Waals surface area contributed by atoms with Crippen LogP contribution in [0.15, 0.2) is 0 Å². The highest BCUT2D eigenvalue weighted by Crippen LogP contribution is 2.24. The van der Waals surface area contributed by atoms with E-state index in [9.17, 15) is 4.79 Å². The molecule has 0 aromatic rings. The van der Waals surface area contributed by atoms with Crippen LogP contribution in [0.4, 0.5) is 0 Å². The predicted molar refractivity (Wildman–Crippen MR) is 66.2 cm³/mol. The number of hydrogen-bond donors (Lipinski definition) is 2. The normalized spacial score (nSPS) is 20.5. The first-order valence-electron chi connectivity index (χ1n) is 6.25. The average molecular weight is 227 g/mol. The summed E-state index contributed by atoms with van der Waals surface area (Å²) < 4.78 is 0. The minimum atomic E-state index is -0.597. The van der Waals surface area contributed by atoms with Gasteiger partial charge >= 0.3 is 0 Å². The molecular formula is C12H25N3O. The smallest absolute Gasteiger partial charge is 0.238 e. The third-order valence-electron chi connectivity index (χ3n) is 3.57. The Hall–Kier alpha value is -0.610. The van der Waals surface area contributed by atoms with Crippen LogP contribution in [-0.4, -0.2) is 42.5 Å². The zero-order chi connectivity index (χ0) is 12.2. The van der Waals surface area contributed by atoms with Gasteiger partial charge in [0.15, 0.2) is 0 Å². The minimum absolute atomic E-state index is 0.257. The Bertz CT molecular complexity index is 240. The number of rotatable bonds is 7. The lowest BCUT2D eigenvalue weighted by Crippen LogP contribution is -2.60. The van der Waals surface area contributed by atoms with Gasteiger partial charge < -0.3 is 16.0 Å². The standard InChI is InChI=1S/C12H25N3O/c1-4-8-14-12(2,11(13)16)9-15(3)10-6-5-7-10/h10,14H,4-9H2,1-3H3,(H2,13,16). The quantitative estimate of drug-likeness (QED) is 0.673. The second-order valence-electron chi connectivity index (χ2n) is 5.12. The predicted octanol–water partition coefficient (Wildman–Crippen LogP) is 0.714. The summed E-state index contributed by atoms with van der Waals surface area (Å²) in [6.45, 7) is 5.52. The molecule has 0 aliphatic heterocycles. The molecular weight excluding hydrogens is 202 g/mol. The van der Waals surface area contributed by atoms with Crippen molar-refractivity contribution in [3.05, 3.63) is 0 Å². The van der Waals surface area contributed by atoms with Gasteiger partial charge in [-0.2, -0.15) is 0 Å². The van der Waals surface area contributed by atoms with Crippen LogP contribution < -0.4 is 11.1 Å². The molecule has 16 heavy (non-hydrogen) atoms. The highest BCUT2D eigenvalue weighted by Gasteiger charge is 2.34. The Morgan fingerprint density at radius 2 is 2.19 bits per heavy atom. The summed E-state index contributed by atoms with van der Waals surface area (Å²) in [5.74, 6) is -0.257. The van der Waals surface area contributed by atoms with Crippen molar-refractivity contribution in [2.24, 2.45) is 5.73 Å². The van der Waals surface area contributed by atoms with Gasteiger partial charge in [-0.15, -0.1) is 0 Å². The monoisotopic (exact) mass is 227 g/mol. The third-order valence-corrected chi connectivity index (χ3v) is 3.57.